The lowest BCUT2D eigenvalue weighted by Crippen LogP contribution is -2.43. The Morgan fingerprint density at radius 2 is 1.66 bits per heavy atom. The summed E-state index contributed by atoms with van der Waals surface area (Å²) in [5.41, 5.74) is 1.83. The summed E-state index contributed by atoms with van der Waals surface area (Å²) >= 11 is 0. The Hall–Kier alpha value is -2.63. The first-order valence-electron chi connectivity index (χ1n) is 10.9. The van der Waals surface area contributed by atoms with E-state index in [2.05, 4.69) is 14.9 Å². The zero-order valence-electron chi connectivity index (χ0n) is 17.0. The van der Waals surface area contributed by atoms with Gasteiger partial charge >= 0.3 is 0 Å². The van der Waals surface area contributed by atoms with Crippen molar-refractivity contribution in [2.75, 3.05) is 31.1 Å². The van der Waals surface area contributed by atoms with E-state index in [9.17, 15) is 9.59 Å². The van der Waals surface area contributed by atoms with Crippen molar-refractivity contribution < 1.29 is 4.79 Å². The third kappa shape index (κ3) is 4.86. The van der Waals surface area contributed by atoms with Crippen LogP contribution in [0.2, 0.25) is 0 Å². The standard InChI is InChI=1S/C23H30N4O2/c28-22-16-21(17-24-27(22)18-19-8-4-3-5-9-19)25-14-10-20(11-15-25)23(29)26-12-6-1-2-7-13-26/h3-5,8-9,16-17,20H,1-2,6-7,10-15,18H2. The molecular weight excluding hydrogens is 364 g/mol. The van der Waals surface area contributed by atoms with Gasteiger partial charge in [0, 0.05) is 38.2 Å². The molecule has 2 fully saturated rings. The average Bonchev–Trinajstić information content (AvgIpc) is 3.05. The maximum atomic E-state index is 12.9. The predicted molar refractivity (Wildman–Crippen MR) is 114 cm³/mol. The van der Waals surface area contributed by atoms with E-state index in [-0.39, 0.29) is 11.5 Å². The number of likely N-dealkylation sites (tertiary alicyclic amines) is 1. The zero-order chi connectivity index (χ0) is 20.1. The van der Waals surface area contributed by atoms with Gasteiger partial charge < -0.3 is 9.80 Å². The smallest absolute Gasteiger partial charge is 0.269 e. The summed E-state index contributed by atoms with van der Waals surface area (Å²) < 4.78 is 1.49. The third-order valence-corrected chi connectivity index (χ3v) is 6.16. The third-order valence-electron chi connectivity index (χ3n) is 6.16. The fraction of sp³-hybridized carbons (Fsp3) is 0.522. The summed E-state index contributed by atoms with van der Waals surface area (Å²) in [4.78, 5) is 29.6. The number of anilines is 1. The van der Waals surface area contributed by atoms with Crippen molar-refractivity contribution in [1.29, 1.82) is 0 Å². The molecule has 2 aliphatic heterocycles. The van der Waals surface area contributed by atoms with E-state index in [1.165, 1.54) is 17.5 Å². The molecule has 154 valence electrons. The van der Waals surface area contributed by atoms with Crippen molar-refractivity contribution in [2.24, 2.45) is 5.92 Å². The van der Waals surface area contributed by atoms with Crippen LogP contribution in [0.1, 0.15) is 44.1 Å². The largest absolute Gasteiger partial charge is 0.370 e. The van der Waals surface area contributed by atoms with Gasteiger partial charge in [0.15, 0.2) is 0 Å². The number of aromatic nitrogens is 2. The van der Waals surface area contributed by atoms with Crippen molar-refractivity contribution in [1.82, 2.24) is 14.7 Å². The molecule has 1 amide bonds. The van der Waals surface area contributed by atoms with Crippen LogP contribution < -0.4 is 10.5 Å². The van der Waals surface area contributed by atoms with Crippen LogP contribution >= 0.6 is 0 Å². The molecule has 6 nitrogen and oxygen atoms in total. The van der Waals surface area contributed by atoms with Crippen molar-refractivity contribution in [2.45, 2.75) is 45.1 Å². The second-order valence-electron chi connectivity index (χ2n) is 8.20. The lowest BCUT2D eigenvalue weighted by atomic mass is 9.95. The minimum atomic E-state index is -0.0888. The van der Waals surface area contributed by atoms with Crippen LogP contribution in [-0.2, 0) is 11.3 Å². The first-order valence-corrected chi connectivity index (χ1v) is 10.9. The van der Waals surface area contributed by atoms with Crippen molar-refractivity contribution in [3.8, 4) is 0 Å². The molecule has 0 aliphatic carbocycles. The molecule has 2 aliphatic rings. The van der Waals surface area contributed by atoms with Gasteiger partial charge in [0.05, 0.1) is 18.4 Å². The Balaban J connectivity index is 1.35. The molecule has 1 aromatic heterocycles. The second-order valence-corrected chi connectivity index (χ2v) is 8.20. The highest BCUT2D eigenvalue weighted by atomic mass is 16.2. The van der Waals surface area contributed by atoms with Crippen LogP contribution in [0.4, 0.5) is 5.69 Å². The maximum Gasteiger partial charge on any atom is 0.269 e. The average molecular weight is 395 g/mol. The van der Waals surface area contributed by atoms with E-state index in [1.54, 1.807) is 12.3 Å². The number of hydrogen-bond donors (Lipinski definition) is 0. The molecule has 0 saturated carbocycles. The molecule has 3 heterocycles. The van der Waals surface area contributed by atoms with Crippen LogP contribution in [0.5, 0.6) is 0 Å². The van der Waals surface area contributed by atoms with Gasteiger partial charge in [-0.15, -0.1) is 0 Å². The fourth-order valence-corrected chi connectivity index (χ4v) is 4.41. The van der Waals surface area contributed by atoms with Crippen molar-refractivity contribution in [3.63, 3.8) is 0 Å². The van der Waals surface area contributed by atoms with E-state index in [4.69, 9.17) is 0 Å². The first-order chi connectivity index (χ1) is 14.2. The number of rotatable bonds is 4. The Bertz CT molecular complexity index is 864. The minimum Gasteiger partial charge on any atom is -0.370 e. The summed E-state index contributed by atoms with van der Waals surface area (Å²) in [6.07, 6.45) is 8.23. The van der Waals surface area contributed by atoms with Gasteiger partial charge in [-0.1, -0.05) is 43.2 Å². The predicted octanol–water partition coefficient (Wildman–Crippen LogP) is 2.91. The molecule has 0 atom stereocenters. The number of carbonyl (C=O) groups excluding carboxylic acids is 1. The monoisotopic (exact) mass is 394 g/mol. The molecular formula is C23H30N4O2. The highest BCUT2D eigenvalue weighted by Gasteiger charge is 2.29. The quantitative estimate of drug-likeness (QED) is 0.800. The number of benzene rings is 1. The van der Waals surface area contributed by atoms with Crippen molar-refractivity contribution >= 4 is 11.6 Å². The van der Waals surface area contributed by atoms with Gasteiger partial charge in [-0.25, -0.2) is 4.68 Å². The number of amides is 1. The molecule has 0 unspecified atom stereocenters. The normalized spacial score (nSPS) is 18.5. The highest BCUT2D eigenvalue weighted by Crippen LogP contribution is 2.24. The second kappa shape index (κ2) is 9.25. The van der Waals surface area contributed by atoms with Gasteiger partial charge in [0.1, 0.15) is 0 Å². The number of piperidine rings is 1. The van der Waals surface area contributed by atoms with E-state index >= 15 is 0 Å². The highest BCUT2D eigenvalue weighted by molar-refractivity contribution is 5.79. The molecule has 0 radical (unpaired) electrons. The lowest BCUT2D eigenvalue weighted by molar-refractivity contribution is -0.136. The summed E-state index contributed by atoms with van der Waals surface area (Å²) in [5, 5.41) is 4.37. The SMILES string of the molecule is O=C(C1CCN(c2cnn(Cc3ccccc3)c(=O)c2)CC1)N1CCCCCC1. The molecule has 2 saturated heterocycles. The topological polar surface area (TPSA) is 58.4 Å². The lowest BCUT2D eigenvalue weighted by Gasteiger charge is -2.35. The van der Waals surface area contributed by atoms with Gasteiger partial charge in [-0.05, 0) is 31.2 Å². The van der Waals surface area contributed by atoms with E-state index in [0.717, 1.165) is 63.1 Å². The number of carbonyl (C=O) groups is 1. The Labute approximate surface area is 172 Å². The van der Waals surface area contributed by atoms with Gasteiger partial charge in [-0.3, -0.25) is 9.59 Å². The molecule has 2 aromatic rings. The Morgan fingerprint density at radius 1 is 0.966 bits per heavy atom. The zero-order valence-corrected chi connectivity index (χ0v) is 17.0. The maximum absolute atomic E-state index is 12.9. The number of nitrogens with zero attached hydrogens (tertiary/aromatic N) is 4. The molecule has 29 heavy (non-hydrogen) atoms. The van der Waals surface area contributed by atoms with E-state index in [0.29, 0.717) is 12.5 Å². The number of hydrogen-bond acceptors (Lipinski definition) is 4. The molecule has 0 spiro atoms. The molecule has 4 rings (SSSR count). The van der Waals surface area contributed by atoms with Crippen molar-refractivity contribution in [3.05, 3.63) is 58.5 Å². The van der Waals surface area contributed by atoms with Crippen LogP contribution in [-0.4, -0.2) is 46.8 Å². The molecule has 0 bridgehead atoms. The molecule has 0 N–H and O–H groups in total. The summed E-state index contributed by atoms with van der Waals surface area (Å²) in [7, 11) is 0. The summed E-state index contributed by atoms with van der Waals surface area (Å²) in [5.74, 6) is 0.457. The molecule has 6 heteroatoms. The van der Waals surface area contributed by atoms with Crippen LogP contribution in [0.15, 0.2) is 47.4 Å². The van der Waals surface area contributed by atoms with Gasteiger partial charge in [0.25, 0.3) is 5.56 Å². The Kier molecular flexibility index (Phi) is 6.27. The molecule has 1 aromatic carbocycles. The minimum absolute atomic E-state index is 0.0888. The van der Waals surface area contributed by atoms with Crippen LogP contribution in [0.25, 0.3) is 0 Å². The van der Waals surface area contributed by atoms with Crippen LogP contribution in [0.3, 0.4) is 0 Å². The van der Waals surface area contributed by atoms with Gasteiger partial charge in [-0.2, -0.15) is 5.10 Å². The van der Waals surface area contributed by atoms with E-state index < -0.39 is 0 Å². The van der Waals surface area contributed by atoms with Gasteiger partial charge in [0.2, 0.25) is 5.91 Å². The Morgan fingerprint density at radius 3 is 2.31 bits per heavy atom. The first kappa shape index (κ1) is 19.7. The van der Waals surface area contributed by atoms with Crippen LogP contribution in [0, 0.1) is 5.92 Å². The fourth-order valence-electron chi connectivity index (χ4n) is 4.41. The van der Waals surface area contributed by atoms with E-state index in [1.807, 2.05) is 30.3 Å². The summed E-state index contributed by atoms with van der Waals surface area (Å²) in [6.45, 7) is 3.92. The summed E-state index contributed by atoms with van der Waals surface area (Å²) in [6, 6.07) is 11.6.